The van der Waals surface area contributed by atoms with Crippen LogP contribution in [0.4, 0.5) is 5.82 Å². The summed E-state index contributed by atoms with van der Waals surface area (Å²) in [5.74, 6) is 0.399. The highest BCUT2D eigenvalue weighted by molar-refractivity contribution is 5.92. The number of nitrogens with zero attached hydrogens (tertiary/aromatic N) is 3. The zero-order valence-electron chi connectivity index (χ0n) is 15.5. The first kappa shape index (κ1) is 18.1. The lowest BCUT2D eigenvalue weighted by molar-refractivity contribution is -0.123. The Morgan fingerprint density at radius 1 is 1.15 bits per heavy atom. The van der Waals surface area contributed by atoms with Gasteiger partial charge in [-0.3, -0.25) is 14.5 Å². The van der Waals surface area contributed by atoms with Crippen LogP contribution in [-0.2, 0) is 9.59 Å². The standard InChI is InChI=1S/C19H25N5O2/c1-13-4-8-16(9-5-13)24-17(10-14(2)22-24)21-19(26)12-23(3)11-18(25)20-15-6-7-15/h4-5,8-10,15H,6-7,11-12H2,1-3H3,(H,20,25)(H,21,26). The fourth-order valence-electron chi connectivity index (χ4n) is 2.70. The Morgan fingerprint density at radius 2 is 1.81 bits per heavy atom. The Hall–Kier alpha value is -2.67. The summed E-state index contributed by atoms with van der Waals surface area (Å²) >= 11 is 0. The molecule has 1 aliphatic rings. The monoisotopic (exact) mass is 355 g/mol. The molecule has 138 valence electrons. The summed E-state index contributed by atoms with van der Waals surface area (Å²) in [5.41, 5.74) is 2.86. The number of hydrogen-bond acceptors (Lipinski definition) is 4. The maximum atomic E-state index is 12.4. The number of benzene rings is 1. The molecule has 0 saturated heterocycles. The third-order valence-corrected chi connectivity index (χ3v) is 4.15. The van der Waals surface area contributed by atoms with Crippen LogP contribution in [0.15, 0.2) is 30.3 Å². The molecule has 0 radical (unpaired) electrons. The SMILES string of the molecule is Cc1ccc(-n2nc(C)cc2NC(=O)CN(C)CC(=O)NC2CC2)cc1. The van der Waals surface area contributed by atoms with Crippen molar-refractivity contribution in [1.29, 1.82) is 0 Å². The second kappa shape index (κ2) is 7.70. The molecule has 26 heavy (non-hydrogen) atoms. The average Bonchev–Trinajstić information content (AvgIpc) is 3.29. The van der Waals surface area contributed by atoms with Gasteiger partial charge in [0.15, 0.2) is 0 Å². The van der Waals surface area contributed by atoms with Crippen LogP contribution < -0.4 is 10.6 Å². The first-order chi connectivity index (χ1) is 12.4. The van der Waals surface area contributed by atoms with Crippen LogP contribution in [0.1, 0.15) is 24.1 Å². The van der Waals surface area contributed by atoms with Gasteiger partial charge in [0.25, 0.3) is 0 Å². The van der Waals surface area contributed by atoms with Crippen LogP contribution in [0.25, 0.3) is 5.69 Å². The molecule has 7 heteroatoms. The van der Waals surface area contributed by atoms with Gasteiger partial charge in [-0.1, -0.05) is 17.7 Å². The van der Waals surface area contributed by atoms with Crippen LogP contribution in [0.2, 0.25) is 0 Å². The molecular formula is C19H25N5O2. The Kier molecular flexibility index (Phi) is 5.37. The van der Waals surface area contributed by atoms with Crippen molar-refractivity contribution in [1.82, 2.24) is 20.0 Å². The van der Waals surface area contributed by atoms with E-state index in [1.54, 1.807) is 16.6 Å². The number of aromatic nitrogens is 2. The largest absolute Gasteiger partial charge is 0.352 e. The van der Waals surface area contributed by atoms with Crippen molar-refractivity contribution in [3.63, 3.8) is 0 Å². The van der Waals surface area contributed by atoms with E-state index in [9.17, 15) is 9.59 Å². The van der Waals surface area contributed by atoms with E-state index < -0.39 is 0 Å². The van der Waals surface area contributed by atoms with E-state index in [1.165, 1.54) is 0 Å². The number of hydrogen-bond donors (Lipinski definition) is 2. The highest BCUT2D eigenvalue weighted by Gasteiger charge is 2.23. The second-order valence-corrected chi connectivity index (χ2v) is 6.98. The molecule has 2 amide bonds. The third kappa shape index (κ3) is 4.92. The second-order valence-electron chi connectivity index (χ2n) is 6.98. The highest BCUT2D eigenvalue weighted by Crippen LogP contribution is 2.19. The number of aryl methyl sites for hydroxylation is 2. The molecule has 0 unspecified atom stereocenters. The third-order valence-electron chi connectivity index (χ3n) is 4.15. The van der Waals surface area contributed by atoms with E-state index in [4.69, 9.17) is 0 Å². The van der Waals surface area contributed by atoms with Gasteiger partial charge in [-0.25, -0.2) is 4.68 Å². The van der Waals surface area contributed by atoms with E-state index in [-0.39, 0.29) is 24.9 Å². The Balaban J connectivity index is 1.60. The summed E-state index contributed by atoms with van der Waals surface area (Å²) in [6.07, 6.45) is 2.11. The zero-order chi connectivity index (χ0) is 18.7. The van der Waals surface area contributed by atoms with Crippen LogP contribution in [0.5, 0.6) is 0 Å². The van der Waals surface area contributed by atoms with Crippen molar-refractivity contribution in [3.05, 3.63) is 41.6 Å². The summed E-state index contributed by atoms with van der Waals surface area (Å²) in [7, 11) is 1.76. The van der Waals surface area contributed by atoms with Crippen molar-refractivity contribution in [2.75, 3.05) is 25.5 Å². The molecule has 1 fully saturated rings. The van der Waals surface area contributed by atoms with Gasteiger partial charge < -0.3 is 10.6 Å². The minimum Gasteiger partial charge on any atom is -0.352 e. The number of nitrogens with one attached hydrogen (secondary N) is 2. The topological polar surface area (TPSA) is 79.3 Å². The molecule has 0 bridgehead atoms. The average molecular weight is 355 g/mol. The number of anilines is 1. The summed E-state index contributed by atoms with van der Waals surface area (Å²) < 4.78 is 1.71. The van der Waals surface area contributed by atoms with Gasteiger partial charge in [-0.2, -0.15) is 5.10 Å². The minimum absolute atomic E-state index is 0.0386. The van der Waals surface area contributed by atoms with Gasteiger partial charge in [-0.15, -0.1) is 0 Å². The Morgan fingerprint density at radius 3 is 2.46 bits per heavy atom. The molecule has 1 aromatic carbocycles. The first-order valence-electron chi connectivity index (χ1n) is 8.82. The van der Waals surface area contributed by atoms with Gasteiger partial charge in [0.05, 0.1) is 24.5 Å². The van der Waals surface area contributed by atoms with Gasteiger partial charge in [-0.05, 0) is 45.9 Å². The molecule has 0 atom stereocenters. The molecule has 1 aromatic heterocycles. The smallest absolute Gasteiger partial charge is 0.239 e. The predicted octanol–water partition coefficient (Wildman–Crippen LogP) is 1.64. The molecule has 1 heterocycles. The Bertz CT molecular complexity index is 793. The lowest BCUT2D eigenvalue weighted by Gasteiger charge is -2.16. The van der Waals surface area contributed by atoms with Crippen molar-refractivity contribution in [2.24, 2.45) is 0 Å². The number of amides is 2. The fourth-order valence-corrected chi connectivity index (χ4v) is 2.70. The normalized spacial score (nSPS) is 13.7. The first-order valence-corrected chi connectivity index (χ1v) is 8.82. The highest BCUT2D eigenvalue weighted by atomic mass is 16.2. The van der Waals surface area contributed by atoms with E-state index in [1.807, 2.05) is 44.2 Å². The van der Waals surface area contributed by atoms with Gasteiger partial charge in [0, 0.05) is 12.1 Å². The number of carbonyl (C=O) groups excluding carboxylic acids is 2. The fraction of sp³-hybridized carbons (Fsp3) is 0.421. The molecule has 2 aromatic rings. The molecule has 3 rings (SSSR count). The van der Waals surface area contributed by atoms with Crippen molar-refractivity contribution >= 4 is 17.6 Å². The Labute approximate surface area is 153 Å². The van der Waals surface area contributed by atoms with E-state index in [0.717, 1.165) is 29.8 Å². The molecule has 2 N–H and O–H groups in total. The van der Waals surface area contributed by atoms with Crippen molar-refractivity contribution in [3.8, 4) is 5.69 Å². The minimum atomic E-state index is -0.181. The number of rotatable bonds is 7. The zero-order valence-corrected chi connectivity index (χ0v) is 15.5. The molecule has 0 spiro atoms. The van der Waals surface area contributed by atoms with E-state index in [2.05, 4.69) is 15.7 Å². The van der Waals surface area contributed by atoms with E-state index >= 15 is 0 Å². The maximum Gasteiger partial charge on any atom is 0.239 e. The van der Waals surface area contributed by atoms with Crippen molar-refractivity contribution < 1.29 is 9.59 Å². The van der Waals surface area contributed by atoms with Crippen molar-refractivity contribution in [2.45, 2.75) is 32.7 Å². The molecule has 1 saturated carbocycles. The summed E-state index contributed by atoms with van der Waals surface area (Å²) in [4.78, 5) is 25.9. The van der Waals surface area contributed by atoms with Gasteiger partial charge in [0.2, 0.25) is 11.8 Å². The number of carbonyl (C=O) groups is 2. The summed E-state index contributed by atoms with van der Waals surface area (Å²) in [5, 5.41) is 10.3. The van der Waals surface area contributed by atoms with Crippen LogP contribution in [-0.4, -0.2) is 52.7 Å². The molecular weight excluding hydrogens is 330 g/mol. The molecule has 0 aliphatic heterocycles. The molecule has 1 aliphatic carbocycles. The summed E-state index contributed by atoms with van der Waals surface area (Å²) in [6.45, 7) is 4.25. The van der Waals surface area contributed by atoms with Crippen LogP contribution in [0, 0.1) is 13.8 Å². The van der Waals surface area contributed by atoms with E-state index in [0.29, 0.717) is 11.9 Å². The van der Waals surface area contributed by atoms with Gasteiger partial charge in [0.1, 0.15) is 5.82 Å². The predicted molar refractivity (Wildman–Crippen MR) is 100 cm³/mol. The van der Waals surface area contributed by atoms with Crippen LogP contribution >= 0.6 is 0 Å². The lowest BCUT2D eigenvalue weighted by Crippen LogP contribution is -2.39. The number of likely N-dealkylation sites (N-methyl/N-ethyl adjacent to an activating group) is 1. The maximum absolute atomic E-state index is 12.4. The quantitative estimate of drug-likeness (QED) is 0.791. The summed E-state index contributed by atoms with van der Waals surface area (Å²) in [6, 6.07) is 10.1. The molecule has 7 nitrogen and oxygen atoms in total. The van der Waals surface area contributed by atoms with Gasteiger partial charge >= 0.3 is 0 Å². The lowest BCUT2D eigenvalue weighted by atomic mass is 10.2. The van der Waals surface area contributed by atoms with Crippen LogP contribution in [0.3, 0.4) is 0 Å².